The first-order chi connectivity index (χ1) is 10.1. The van der Waals surface area contributed by atoms with Gasteiger partial charge in [-0.05, 0) is 38.9 Å². The second-order valence-corrected chi connectivity index (χ2v) is 5.02. The summed E-state index contributed by atoms with van der Waals surface area (Å²) in [6, 6.07) is 8.77. The van der Waals surface area contributed by atoms with E-state index in [4.69, 9.17) is 0 Å². The Labute approximate surface area is 124 Å². The summed E-state index contributed by atoms with van der Waals surface area (Å²) in [5, 5.41) is 6.43. The SMILES string of the molecule is Cc1cc(C)nc(NCCCNCc2ccccc2F)n1. The Morgan fingerprint density at radius 3 is 2.48 bits per heavy atom. The van der Waals surface area contributed by atoms with Crippen molar-refractivity contribution >= 4 is 5.95 Å². The third-order valence-electron chi connectivity index (χ3n) is 3.07. The van der Waals surface area contributed by atoms with Crippen molar-refractivity contribution < 1.29 is 4.39 Å². The van der Waals surface area contributed by atoms with Crippen LogP contribution < -0.4 is 10.6 Å². The molecule has 0 unspecified atom stereocenters. The van der Waals surface area contributed by atoms with Gasteiger partial charge in [-0.2, -0.15) is 0 Å². The lowest BCUT2D eigenvalue weighted by molar-refractivity contribution is 0.584. The van der Waals surface area contributed by atoms with Crippen LogP contribution in [0.1, 0.15) is 23.4 Å². The number of nitrogens with zero attached hydrogens (tertiary/aromatic N) is 2. The van der Waals surface area contributed by atoms with Crippen LogP contribution in [0.25, 0.3) is 0 Å². The molecule has 1 aromatic heterocycles. The molecular weight excluding hydrogens is 267 g/mol. The van der Waals surface area contributed by atoms with Gasteiger partial charge in [-0.25, -0.2) is 14.4 Å². The van der Waals surface area contributed by atoms with Gasteiger partial charge in [0.15, 0.2) is 0 Å². The summed E-state index contributed by atoms with van der Waals surface area (Å²) in [5.41, 5.74) is 2.62. The number of benzene rings is 1. The van der Waals surface area contributed by atoms with Gasteiger partial charge in [0.1, 0.15) is 5.82 Å². The predicted octanol–water partition coefficient (Wildman–Crippen LogP) is 2.82. The molecule has 0 bridgehead atoms. The van der Waals surface area contributed by atoms with Gasteiger partial charge in [-0.1, -0.05) is 18.2 Å². The number of anilines is 1. The summed E-state index contributed by atoms with van der Waals surface area (Å²) in [6.45, 7) is 6.05. The van der Waals surface area contributed by atoms with Gasteiger partial charge in [-0.15, -0.1) is 0 Å². The minimum Gasteiger partial charge on any atom is -0.354 e. The quantitative estimate of drug-likeness (QED) is 0.769. The van der Waals surface area contributed by atoms with Crippen molar-refractivity contribution in [2.45, 2.75) is 26.8 Å². The third kappa shape index (κ3) is 5.11. The van der Waals surface area contributed by atoms with Crippen molar-refractivity contribution in [2.75, 3.05) is 18.4 Å². The second kappa shape index (κ2) is 7.69. The van der Waals surface area contributed by atoms with Crippen molar-refractivity contribution in [1.29, 1.82) is 0 Å². The number of nitrogens with one attached hydrogen (secondary N) is 2. The van der Waals surface area contributed by atoms with E-state index in [0.29, 0.717) is 18.1 Å². The Balaban J connectivity index is 1.65. The highest BCUT2D eigenvalue weighted by atomic mass is 19.1. The molecule has 0 aliphatic rings. The van der Waals surface area contributed by atoms with Gasteiger partial charge in [0.05, 0.1) is 0 Å². The predicted molar refractivity (Wildman–Crippen MR) is 82.7 cm³/mol. The molecule has 21 heavy (non-hydrogen) atoms. The molecule has 0 saturated carbocycles. The fourth-order valence-corrected chi connectivity index (χ4v) is 2.08. The highest BCUT2D eigenvalue weighted by Crippen LogP contribution is 2.05. The number of halogens is 1. The zero-order valence-corrected chi connectivity index (χ0v) is 12.5. The summed E-state index contributed by atoms with van der Waals surface area (Å²) < 4.78 is 13.4. The molecular formula is C16H21FN4. The monoisotopic (exact) mass is 288 g/mol. The molecule has 4 nitrogen and oxygen atoms in total. The van der Waals surface area contributed by atoms with E-state index in [9.17, 15) is 4.39 Å². The number of hydrogen-bond acceptors (Lipinski definition) is 4. The standard InChI is InChI=1S/C16H21FN4/c1-12-10-13(2)21-16(20-12)19-9-5-8-18-11-14-6-3-4-7-15(14)17/h3-4,6-7,10,18H,5,8-9,11H2,1-2H3,(H,19,20,21). The Kier molecular flexibility index (Phi) is 5.63. The summed E-state index contributed by atoms with van der Waals surface area (Å²) in [6.07, 6.45) is 0.921. The molecule has 2 aromatic rings. The van der Waals surface area contributed by atoms with Crippen molar-refractivity contribution in [3.05, 3.63) is 53.1 Å². The van der Waals surface area contributed by atoms with Crippen LogP contribution >= 0.6 is 0 Å². The fraction of sp³-hybridized carbons (Fsp3) is 0.375. The molecule has 0 saturated heterocycles. The molecule has 5 heteroatoms. The minimum atomic E-state index is -0.160. The average molecular weight is 288 g/mol. The van der Waals surface area contributed by atoms with E-state index in [-0.39, 0.29) is 5.82 Å². The second-order valence-electron chi connectivity index (χ2n) is 5.02. The third-order valence-corrected chi connectivity index (χ3v) is 3.07. The molecule has 0 fully saturated rings. The lowest BCUT2D eigenvalue weighted by Crippen LogP contribution is -2.18. The molecule has 2 rings (SSSR count). The van der Waals surface area contributed by atoms with Crippen LogP contribution in [0.4, 0.5) is 10.3 Å². The van der Waals surface area contributed by atoms with E-state index < -0.39 is 0 Å². The minimum absolute atomic E-state index is 0.160. The van der Waals surface area contributed by atoms with E-state index in [1.165, 1.54) is 6.07 Å². The molecule has 0 atom stereocenters. The largest absolute Gasteiger partial charge is 0.354 e. The molecule has 0 radical (unpaired) electrons. The average Bonchev–Trinajstić information content (AvgIpc) is 2.43. The number of rotatable bonds is 7. The highest BCUT2D eigenvalue weighted by Gasteiger charge is 2.00. The lowest BCUT2D eigenvalue weighted by Gasteiger charge is -2.08. The van der Waals surface area contributed by atoms with Crippen LogP contribution in [0, 0.1) is 19.7 Å². The van der Waals surface area contributed by atoms with Crippen LogP contribution in [0.3, 0.4) is 0 Å². The van der Waals surface area contributed by atoms with Crippen LogP contribution in [0.15, 0.2) is 30.3 Å². The van der Waals surface area contributed by atoms with E-state index >= 15 is 0 Å². The molecule has 112 valence electrons. The lowest BCUT2D eigenvalue weighted by atomic mass is 10.2. The maximum absolute atomic E-state index is 13.4. The normalized spacial score (nSPS) is 10.6. The zero-order chi connectivity index (χ0) is 15.1. The first-order valence-electron chi connectivity index (χ1n) is 7.15. The van der Waals surface area contributed by atoms with Crippen molar-refractivity contribution in [2.24, 2.45) is 0 Å². The maximum Gasteiger partial charge on any atom is 0.223 e. The summed E-state index contributed by atoms with van der Waals surface area (Å²) in [7, 11) is 0. The van der Waals surface area contributed by atoms with Crippen molar-refractivity contribution in [3.8, 4) is 0 Å². The van der Waals surface area contributed by atoms with Crippen LogP contribution in [-0.4, -0.2) is 23.1 Å². The van der Waals surface area contributed by atoms with Gasteiger partial charge < -0.3 is 10.6 Å². The number of aromatic nitrogens is 2. The van der Waals surface area contributed by atoms with Gasteiger partial charge in [0, 0.05) is 30.0 Å². The summed E-state index contributed by atoms with van der Waals surface area (Å²) in [5.74, 6) is 0.508. The number of hydrogen-bond donors (Lipinski definition) is 2. The molecule has 0 amide bonds. The zero-order valence-electron chi connectivity index (χ0n) is 12.5. The first-order valence-corrected chi connectivity index (χ1v) is 7.15. The smallest absolute Gasteiger partial charge is 0.223 e. The van der Waals surface area contributed by atoms with Gasteiger partial charge in [0.2, 0.25) is 5.95 Å². The molecule has 0 spiro atoms. The topological polar surface area (TPSA) is 49.8 Å². The molecule has 2 N–H and O–H groups in total. The van der Waals surface area contributed by atoms with Crippen LogP contribution in [-0.2, 0) is 6.54 Å². The Morgan fingerprint density at radius 2 is 1.76 bits per heavy atom. The first kappa shape index (κ1) is 15.4. The molecule has 1 heterocycles. The van der Waals surface area contributed by atoms with Crippen LogP contribution in [0.5, 0.6) is 0 Å². The van der Waals surface area contributed by atoms with Gasteiger partial charge in [0.25, 0.3) is 0 Å². The van der Waals surface area contributed by atoms with Gasteiger partial charge >= 0.3 is 0 Å². The highest BCUT2D eigenvalue weighted by molar-refractivity contribution is 5.27. The van der Waals surface area contributed by atoms with Crippen molar-refractivity contribution in [1.82, 2.24) is 15.3 Å². The Morgan fingerprint density at radius 1 is 1.05 bits per heavy atom. The molecule has 1 aromatic carbocycles. The maximum atomic E-state index is 13.4. The van der Waals surface area contributed by atoms with E-state index in [1.807, 2.05) is 26.0 Å². The van der Waals surface area contributed by atoms with E-state index in [1.54, 1.807) is 12.1 Å². The number of aryl methyl sites for hydroxylation is 2. The fourth-order valence-electron chi connectivity index (χ4n) is 2.08. The van der Waals surface area contributed by atoms with Crippen molar-refractivity contribution in [3.63, 3.8) is 0 Å². The molecule has 0 aliphatic heterocycles. The Hall–Kier alpha value is -2.01. The van der Waals surface area contributed by atoms with E-state index in [0.717, 1.165) is 30.9 Å². The van der Waals surface area contributed by atoms with E-state index in [2.05, 4.69) is 20.6 Å². The molecule has 0 aliphatic carbocycles. The van der Waals surface area contributed by atoms with Crippen LogP contribution in [0.2, 0.25) is 0 Å². The van der Waals surface area contributed by atoms with Gasteiger partial charge in [-0.3, -0.25) is 0 Å². The summed E-state index contributed by atoms with van der Waals surface area (Å²) >= 11 is 0. The Bertz CT molecular complexity index is 566. The summed E-state index contributed by atoms with van der Waals surface area (Å²) in [4.78, 5) is 8.64.